The lowest BCUT2D eigenvalue weighted by Crippen LogP contribution is -2.36. The molecule has 2 fully saturated rings. The molecule has 2 heterocycles. The Labute approximate surface area is 194 Å². The van der Waals surface area contributed by atoms with Gasteiger partial charge in [0, 0.05) is 51.4 Å². The van der Waals surface area contributed by atoms with Crippen molar-refractivity contribution in [1.82, 2.24) is 10.2 Å². The van der Waals surface area contributed by atoms with E-state index in [-0.39, 0.29) is 11.6 Å². The van der Waals surface area contributed by atoms with Crippen molar-refractivity contribution in [3.8, 4) is 0 Å². The zero-order valence-corrected chi connectivity index (χ0v) is 19.2. The number of ether oxygens (including phenoxy) is 1. The maximum atomic E-state index is 13.2. The van der Waals surface area contributed by atoms with Crippen LogP contribution in [0.2, 0.25) is 0 Å². The monoisotopic (exact) mass is 452 g/mol. The Balaban J connectivity index is 1.50. The summed E-state index contributed by atoms with van der Waals surface area (Å²) in [6.45, 7) is 8.38. The molecule has 0 unspecified atom stereocenters. The van der Waals surface area contributed by atoms with Gasteiger partial charge in [0.05, 0.1) is 29.4 Å². The number of benzene rings is 2. The lowest BCUT2D eigenvalue weighted by molar-refractivity contribution is -0.384. The van der Waals surface area contributed by atoms with Crippen molar-refractivity contribution in [2.75, 3.05) is 44.3 Å². The first kappa shape index (κ1) is 23.2. The maximum Gasteiger partial charge on any atom is 0.270 e. The molecule has 2 saturated heterocycles. The topological polar surface area (TPSA) is 87.9 Å². The van der Waals surface area contributed by atoms with E-state index in [9.17, 15) is 14.9 Å². The number of anilines is 1. The number of piperidine rings is 1. The summed E-state index contributed by atoms with van der Waals surface area (Å²) in [5, 5.41) is 14.4. The summed E-state index contributed by atoms with van der Waals surface area (Å²) >= 11 is 0. The van der Waals surface area contributed by atoms with Crippen molar-refractivity contribution in [1.29, 1.82) is 0 Å². The minimum atomic E-state index is -0.448. The van der Waals surface area contributed by atoms with Gasteiger partial charge >= 0.3 is 0 Å². The predicted molar refractivity (Wildman–Crippen MR) is 127 cm³/mol. The molecule has 2 aliphatic rings. The summed E-state index contributed by atoms with van der Waals surface area (Å²) in [6, 6.07) is 12.7. The first-order valence-corrected chi connectivity index (χ1v) is 11.7. The van der Waals surface area contributed by atoms with Gasteiger partial charge in [0.1, 0.15) is 0 Å². The normalized spacial score (nSPS) is 17.7. The number of nitro groups is 1. The van der Waals surface area contributed by atoms with E-state index in [1.807, 2.05) is 18.2 Å². The van der Waals surface area contributed by atoms with Gasteiger partial charge in [-0.3, -0.25) is 19.8 Å². The summed E-state index contributed by atoms with van der Waals surface area (Å²) in [7, 11) is 0. The van der Waals surface area contributed by atoms with Crippen LogP contribution >= 0.6 is 0 Å². The fourth-order valence-corrected chi connectivity index (χ4v) is 4.50. The van der Waals surface area contributed by atoms with E-state index in [0.717, 1.165) is 70.0 Å². The summed E-state index contributed by atoms with van der Waals surface area (Å²) in [4.78, 5) is 28.7. The summed E-state index contributed by atoms with van der Waals surface area (Å²) < 4.78 is 5.44. The van der Waals surface area contributed by atoms with E-state index in [4.69, 9.17) is 4.74 Å². The molecule has 1 amide bonds. The Hall–Kier alpha value is -2.97. The Morgan fingerprint density at radius 1 is 1.09 bits per heavy atom. The van der Waals surface area contributed by atoms with Crippen molar-refractivity contribution in [3.63, 3.8) is 0 Å². The third kappa shape index (κ3) is 5.89. The third-order valence-corrected chi connectivity index (χ3v) is 6.62. The van der Waals surface area contributed by atoms with Crippen LogP contribution in [0.4, 0.5) is 11.4 Å². The largest absolute Gasteiger partial charge is 0.379 e. The fourth-order valence-electron chi connectivity index (χ4n) is 4.50. The van der Waals surface area contributed by atoms with E-state index in [1.54, 1.807) is 6.07 Å². The van der Waals surface area contributed by atoms with E-state index >= 15 is 0 Å². The second kappa shape index (κ2) is 10.8. The number of non-ortho nitro benzene ring substituents is 1. The molecule has 0 aromatic heterocycles. The van der Waals surface area contributed by atoms with Crippen molar-refractivity contribution >= 4 is 17.3 Å². The highest BCUT2D eigenvalue weighted by Crippen LogP contribution is 2.29. The molecule has 2 aliphatic heterocycles. The fraction of sp³-hybridized carbons (Fsp3) is 0.480. The zero-order chi connectivity index (χ0) is 23.2. The van der Waals surface area contributed by atoms with Crippen molar-refractivity contribution in [2.45, 2.75) is 32.9 Å². The molecule has 4 rings (SSSR count). The quantitative estimate of drug-likeness (QED) is 0.510. The summed E-state index contributed by atoms with van der Waals surface area (Å²) in [5.41, 5.74) is 3.29. The number of amides is 1. The van der Waals surface area contributed by atoms with E-state index in [2.05, 4.69) is 28.1 Å². The number of nitrogens with one attached hydrogen (secondary N) is 1. The van der Waals surface area contributed by atoms with Crippen molar-refractivity contribution in [3.05, 3.63) is 69.3 Å². The van der Waals surface area contributed by atoms with Crippen LogP contribution in [-0.2, 0) is 17.8 Å². The molecule has 0 aliphatic carbocycles. The van der Waals surface area contributed by atoms with Gasteiger partial charge in [0.15, 0.2) is 0 Å². The molecule has 176 valence electrons. The Bertz CT molecular complexity index is 982. The van der Waals surface area contributed by atoms with E-state index in [1.165, 1.54) is 17.7 Å². The molecule has 33 heavy (non-hydrogen) atoms. The molecule has 1 N–H and O–H groups in total. The molecule has 8 heteroatoms. The highest BCUT2D eigenvalue weighted by Gasteiger charge is 2.23. The second-order valence-corrected chi connectivity index (χ2v) is 8.97. The molecular formula is C25H32N4O4. The van der Waals surface area contributed by atoms with Gasteiger partial charge in [0.2, 0.25) is 0 Å². The standard InChI is InChI=1S/C25H32N4O4/c1-19-8-10-28(11-9-19)24-7-6-22(29(31)32)16-23(24)25(30)26-17-20-4-2-3-5-21(20)18-27-12-14-33-15-13-27/h2-7,16,19H,8-15,17-18H2,1H3,(H,26,30). The van der Waals surface area contributed by atoms with Gasteiger partial charge < -0.3 is 15.0 Å². The minimum Gasteiger partial charge on any atom is -0.379 e. The smallest absolute Gasteiger partial charge is 0.270 e. The SMILES string of the molecule is CC1CCN(c2ccc([N+](=O)[O-])cc2C(=O)NCc2ccccc2CN2CCOCC2)CC1. The first-order valence-electron chi connectivity index (χ1n) is 11.7. The van der Waals surface area contributed by atoms with E-state index < -0.39 is 4.92 Å². The third-order valence-electron chi connectivity index (χ3n) is 6.62. The van der Waals surface area contributed by atoms with Gasteiger partial charge in [-0.25, -0.2) is 0 Å². The minimum absolute atomic E-state index is 0.0676. The number of hydrogen-bond acceptors (Lipinski definition) is 6. The van der Waals surface area contributed by atoms with Crippen molar-refractivity contribution in [2.24, 2.45) is 5.92 Å². The van der Waals surface area contributed by atoms with Crippen LogP contribution in [0.1, 0.15) is 41.3 Å². The average molecular weight is 453 g/mol. The Morgan fingerprint density at radius 3 is 2.48 bits per heavy atom. The molecule has 2 aromatic carbocycles. The molecule has 2 aromatic rings. The summed E-state index contributed by atoms with van der Waals surface area (Å²) in [5.74, 6) is 0.369. The lowest BCUT2D eigenvalue weighted by Gasteiger charge is -2.33. The molecule has 0 saturated carbocycles. The van der Waals surface area contributed by atoms with Gasteiger partial charge in [-0.1, -0.05) is 31.2 Å². The Kier molecular flexibility index (Phi) is 7.57. The van der Waals surface area contributed by atoms with Crippen LogP contribution in [0.3, 0.4) is 0 Å². The van der Waals surface area contributed by atoms with Crippen LogP contribution in [0, 0.1) is 16.0 Å². The van der Waals surface area contributed by atoms with Gasteiger partial charge in [-0.05, 0) is 36.0 Å². The molecule has 0 atom stereocenters. The number of nitrogens with zero attached hydrogens (tertiary/aromatic N) is 3. The van der Waals surface area contributed by atoms with E-state index in [0.29, 0.717) is 18.0 Å². The van der Waals surface area contributed by atoms with Gasteiger partial charge in [-0.2, -0.15) is 0 Å². The molecule has 8 nitrogen and oxygen atoms in total. The number of hydrogen-bond donors (Lipinski definition) is 1. The van der Waals surface area contributed by atoms with Gasteiger partial charge in [-0.15, -0.1) is 0 Å². The number of carbonyl (C=O) groups excluding carboxylic acids is 1. The highest BCUT2D eigenvalue weighted by molar-refractivity contribution is 6.00. The number of nitro benzene ring substituents is 1. The zero-order valence-electron chi connectivity index (χ0n) is 19.2. The first-order chi connectivity index (χ1) is 16.0. The molecular weight excluding hydrogens is 420 g/mol. The van der Waals surface area contributed by atoms with Gasteiger partial charge in [0.25, 0.3) is 11.6 Å². The van der Waals surface area contributed by atoms with Crippen LogP contribution in [-0.4, -0.2) is 55.1 Å². The average Bonchev–Trinajstić information content (AvgIpc) is 2.84. The predicted octanol–water partition coefficient (Wildman–Crippen LogP) is 3.59. The highest BCUT2D eigenvalue weighted by atomic mass is 16.6. The summed E-state index contributed by atoms with van der Waals surface area (Å²) in [6.07, 6.45) is 2.10. The van der Waals surface area contributed by atoms with Crippen LogP contribution in [0.5, 0.6) is 0 Å². The number of morpholine rings is 1. The number of carbonyl (C=O) groups is 1. The lowest BCUT2D eigenvalue weighted by atomic mass is 9.97. The molecule has 0 radical (unpaired) electrons. The molecule has 0 bridgehead atoms. The second-order valence-electron chi connectivity index (χ2n) is 8.97. The van der Waals surface area contributed by atoms with Crippen LogP contribution in [0.15, 0.2) is 42.5 Å². The molecule has 0 spiro atoms. The number of rotatable bonds is 7. The van der Waals surface area contributed by atoms with Crippen LogP contribution < -0.4 is 10.2 Å². The van der Waals surface area contributed by atoms with Crippen molar-refractivity contribution < 1.29 is 14.5 Å². The van der Waals surface area contributed by atoms with Crippen LogP contribution in [0.25, 0.3) is 0 Å². The maximum absolute atomic E-state index is 13.2. The Morgan fingerprint density at radius 2 is 1.79 bits per heavy atom.